The molecule has 2 heterocycles. The zero-order valence-electron chi connectivity index (χ0n) is 20.4. The lowest BCUT2D eigenvalue weighted by atomic mass is 9.77. The first-order valence-corrected chi connectivity index (χ1v) is 12.9. The van der Waals surface area contributed by atoms with E-state index in [1.54, 1.807) is 31.2 Å². The van der Waals surface area contributed by atoms with Crippen molar-refractivity contribution in [2.45, 2.75) is 18.6 Å². The van der Waals surface area contributed by atoms with Gasteiger partial charge in [-0.15, -0.1) is 0 Å². The third-order valence-corrected chi connectivity index (χ3v) is 8.25. The predicted octanol–water partition coefficient (Wildman–Crippen LogP) is 4.87. The van der Waals surface area contributed by atoms with E-state index in [9.17, 15) is 24.0 Å². The normalized spacial score (nSPS) is 22.9. The monoisotopic (exact) mass is 563 g/mol. The standard InChI is InChI=1S/C29H19Cl2NO7/c1-2-38-28(37)15-12-10-14(11-13-15)23-20-21(27(36)32(26(20)35)19-9-5-8-18(30)22(19)31)29(39-23)24(33)16-6-3-4-7-17(16)25(29)34/h3-13,20-21,23H,2H2,1H3/t20-,21-,23-/m0/s1. The second kappa shape index (κ2) is 9.12. The number of imide groups is 1. The minimum absolute atomic E-state index is 0.0153. The van der Waals surface area contributed by atoms with E-state index in [0.717, 1.165) is 4.90 Å². The van der Waals surface area contributed by atoms with Crippen LogP contribution in [-0.4, -0.2) is 41.6 Å². The van der Waals surface area contributed by atoms with Crippen LogP contribution in [-0.2, 0) is 19.1 Å². The topological polar surface area (TPSA) is 107 Å². The summed E-state index contributed by atoms with van der Waals surface area (Å²) in [4.78, 5) is 68.7. The third kappa shape index (κ3) is 3.45. The van der Waals surface area contributed by atoms with Crippen LogP contribution >= 0.6 is 23.2 Å². The molecule has 0 radical (unpaired) electrons. The fourth-order valence-electron chi connectivity index (χ4n) is 5.74. The lowest BCUT2D eigenvalue weighted by molar-refractivity contribution is -0.127. The minimum atomic E-state index is -2.23. The van der Waals surface area contributed by atoms with E-state index >= 15 is 0 Å². The van der Waals surface area contributed by atoms with Crippen LogP contribution in [0.4, 0.5) is 5.69 Å². The minimum Gasteiger partial charge on any atom is -0.462 e. The van der Waals surface area contributed by atoms with Gasteiger partial charge in [0.1, 0.15) is 0 Å². The largest absolute Gasteiger partial charge is 0.462 e. The average molecular weight is 564 g/mol. The number of hydrogen-bond donors (Lipinski definition) is 0. The van der Waals surface area contributed by atoms with Crippen molar-refractivity contribution in [2.75, 3.05) is 11.5 Å². The van der Waals surface area contributed by atoms with Gasteiger partial charge in [-0.05, 0) is 36.8 Å². The number of amides is 2. The first kappa shape index (κ1) is 25.4. The van der Waals surface area contributed by atoms with Crippen molar-refractivity contribution in [3.8, 4) is 0 Å². The van der Waals surface area contributed by atoms with Crippen molar-refractivity contribution in [3.63, 3.8) is 0 Å². The molecule has 3 aromatic carbocycles. The summed E-state index contributed by atoms with van der Waals surface area (Å²) >= 11 is 12.6. The average Bonchev–Trinajstić information content (AvgIpc) is 3.50. The third-order valence-electron chi connectivity index (χ3n) is 7.44. The first-order valence-electron chi connectivity index (χ1n) is 12.2. The number of esters is 1. The Morgan fingerprint density at radius 3 is 2.15 bits per heavy atom. The zero-order chi connectivity index (χ0) is 27.6. The highest BCUT2D eigenvalue weighted by molar-refractivity contribution is 6.45. The Bertz CT molecular complexity index is 1560. The van der Waals surface area contributed by atoms with Crippen LogP contribution in [0.5, 0.6) is 0 Å². The summed E-state index contributed by atoms with van der Waals surface area (Å²) in [6.07, 6.45) is -1.15. The van der Waals surface area contributed by atoms with E-state index in [1.807, 2.05) is 0 Å². The Kier molecular flexibility index (Phi) is 5.95. The number of benzene rings is 3. The van der Waals surface area contributed by atoms with E-state index in [0.29, 0.717) is 5.56 Å². The van der Waals surface area contributed by atoms with Crippen LogP contribution in [0.25, 0.3) is 0 Å². The molecular formula is C29H19Cl2NO7. The summed E-state index contributed by atoms with van der Waals surface area (Å²) in [6, 6.07) is 16.8. The lowest BCUT2D eigenvalue weighted by Crippen LogP contribution is -2.51. The molecular weight excluding hydrogens is 545 g/mol. The number of carbonyl (C=O) groups excluding carboxylic acids is 5. The SMILES string of the molecule is CCOC(=O)c1ccc([C@@H]2OC3(C(=O)c4ccccc4C3=O)[C@@H]3C(=O)N(c4cccc(Cl)c4Cl)C(=O)[C@@H]32)cc1. The summed E-state index contributed by atoms with van der Waals surface area (Å²) in [5.41, 5.74) is -1.25. The van der Waals surface area contributed by atoms with Gasteiger partial charge >= 0.3 is 5.97 Å². The molecule has 196 valence electrons. The van der Waals surface area contributed by atoms with Crippen molar-refractivity contribution < 1.29 is 33.4 Å². The van der Waals surface area contributed by atoms with Gasteiger partial charge in [0.25, 0.3) is 0 Å². The van der Waals surface area contributed by atoms with E-state index < -0.39 is 52.9 Å². The first-order chi connectivity index (χ1) is 18.7. The van der Waals surface area contributed by atoms with Crippen LogP contribution < -0.4 is 4.90 Å². The smallest absolute Gasteiger partial charge is 0.338 e. The van der Waals surface area contributed by atoms with Gasteiger partial charge in [-0.1, -0.05) is 65.7 Å². The highest BCUT2D eigenvalue weighted by atomic mass is 35.5. The van der Waals surface area contributed by atoms with Gasteiger partial charge in [-0.25, -0.2) is 9.69 Å². The number of ether oxygens (including phenoxy) is 2. The molecule has 3 atom stereocenters. The molecule has 0 saturated carbocycles. The summed E-state index contributed by atoms with van der Waals surface area (Å²) < 4.78 is 11.3. The second-order valence-corrected chi connectivity index (χ2v) is 10.2. The Balaban J connectivity index is 1.50. The van der Waals surface area contributed by atoms with Gasteiger partial charge < -0.3 is 9.47 Å². The summed E-state index contributed by atoms with van der Waals surface area (Å²) in [5, 5.41) is 0.114. The maximum Gasteiger partial charge on any atom is 0.338 e. The molecule has 3 aliphatic rings. The van der Waals surface area contributed by atoms with Crippen molar-refractivity contribution in [1.29, 1.82) is 0 Å². The van der Waals surface area contributed by atoms with Gasteiger partial charge in [-0.3, -0.25) is 19.2 Å². The van der Waals surface area contributed by atoms with Gasteiger partial charge in [0.2, 0.25) is 29.0 Å². The molecule has 1 aliphatic carbocycles. The molecule has 1 spiro atoms. The molecule has 39 heavy (non-hydrogen) atoms. The number of ketones is 2. The van der Waals surface area contributed by atoms with Crippen molar-refractivity contribution in [3.05, 3.63) is 99.0 Å². The summed E-state index contributed by atoms with van der Waals surface area (Å²) in [5.74, 6) is -6.01. The molecule has 6 rings (SSSR count). The van der Waals surface area contributed by atoms with Crippen molar-refractivity contribution >= 4 is 58.2 Å². The fraction of sp³-hybridized carbons (Fsp3) is 0.207. The molecule has 2 amide bonds. The van der Waals surface area contributed by atoms with E-state index in [-0.39, 0.29) is 39.0 Å². The van der Waals surface area contributed by atoms with Crippen LogP contribution in [0.2, 0.25) is 10.0 Å². The number of hydrogen-bond acceptors (Lipinski definition) is 7. The number of nitrogens with zero attached hydrogens (tertiary/aromatic N) is 1. The maximum absolute atomic E-state index is 14.0. The number of carbonyl (C=O) groups is 5. The van der Waals surface area contributed by atoms with Crippen LogP contribution in [0.15, 0.2) is 66.7 Å². The summed E-state index contributed by atoms with van der Waals surface area (Å²) in [6.45, 7) is 1.88. The molecule has 8 nitrogen and oxygen atoms in total. The molecule has 2 aliphatic heterocycles. The molecule has 2 saturated heterocycles. The number of fused-ring (bicyclic) bond motifs is 3. The van der Waals surface area contributed by atoms with Crippen LogP contribution in [0.3, 0.4) is 0 Å². The van der Waals surface area contributed by atoms with Gasteiger partial charge in [0.05, 0.1) is 45.8 Å². The quantitative estimate of drug-likeness (QED) is 0.253. The van der Waals surface area contributed by atoms with Crippen molar-refractivity contribution in [2.24, 2.45) is 11.8 Å². The number of halogens is 2. The highest BCUT2D eigenvalue weighted by Crippen LogP contribution is 2.58. The number of anilines is 1. The van der Waals surface area contributed by atoms with E-state index in [4.69, 9.17) is 32.7 Å². The Morgan fingerprint density at radius 2 is 1.54 bits per heavy atom. The molecule has 3 aromatic rings. The Morgan fingerprint density at radius 1 is 0.897 bits per heavy atom. The zero-order valence-corrected chi connectivity index (χ0v) is 21.9. The van der Waals surface area contributed by atoms with Crippen molar-refractivity contribution in [1.82, 2.24) is 0 Å². The van der Waals surface area contributed by atoms with Crippen LogP contribution in [0, 0.1) is 11.8 Å². The van der Waals surface area contributed by atoms with Crippen LogP contribution in [0.1, 0.15) is 49.7 Å². The lowest BCUT2D eigenvalue weighted by Gasteiger charge is -2.27. The summed E-state index contributed by atoms with van der Waals surface area (Å²) in [7, 11) is 0. The van der Waals surface area contributed by atoms with E-state index in [1.165, 1.54) is 42.5 Å². The Labute approximate surface area is 232 Å². The molecule has 10 heteroatoms. The van der Waals surface area contributed by atoms with Gasteiger partial charge in [-0.2, -0.15) is 0 Å². The van der Waals surface area contributed by atoms with E-state index in [2.05, 4.69) is 0 Å². The molecule has 0 aromatic heterocycles. The highest BCUT2D eigenvalue weighted by Gasteiger charge is 2.74. The number of rotatable bonds is 4. The van der Waals surface area contributed by atoms with Gasteiger partial charge in [0.15, 0.2) is 0 Å². The maximum atomic E-state index is 14.0. The van der Waals surface area contributed by atoms with Gasteiger partial charge in [0, 0.05) is 11.1 Å². The molecule has 0 N–H and O–H groups in total. The second-order valence-electron chi connectivity index (χ2n) is 9.41. The predicted molar refractivity (Wildman–Crippen MR) is 140 cm³/mol. The molecule has 2 fully saturated rings. The molecule has 0 bridgehead atoms. The Hall–Kier alpha value is -3.85. The fourth-order valence-corrected chi connectivity index (χ4v) is 6.12. The number of Topliss-reactive ketones (excluding diaryl/α,β-unsaturated/α-hetero) is 2. The molecule has 0 unspecified atom stereocenters.